The third kappa shape index (κ3) is 2.42. The van der Waals surface area contributed by atoms with Gasteiger partial charge >= 0.3 is 0 Å². The Kier molecular flexibility index (Phi) is 3.13. The van der Waals surface area contributed by atoms with Gasteiger partial charge in [-0.1, -0.05) is 11.8 Å². The van der Waals surface area contributed by atoms with Crippen LogP contribution in [-0.4, -0.2) is 36.5 Å². The zero-order valence-electron chi connectivity index (χ0n) is 9.55. The van der Waals surface area contributed by atoms with E-state index in [9.17, 15) is 4.79 Å². The minimum absolute atomic E-state index is 0.188. The van der Waals surface area contributed by atoms with Crippen LogP contribution in [0.3, 0.4) is 0 Å². The monoisotopic (exact) mass is 292 g/mol. The molecule has 0 atom stereocenters. The lowest BCUT2D eigenvalue weighted by Crippen LogP contribution is -2.13. The van der Waals surface area contributed by atoms with E-state index >= 15 is 0 Å². The topological polar surface area (TPSA) is 99.1 Å². The number of primary amides is 1. The molecule has 3 aromatic heterocycles. The quantitative estimate of drug-likeness (QED) is 0.715. The summed E-state index contributed by atoms with van der Waals surface area (Å²) in [6, 6.07) is 3.57. The van der Waals surface area contributed by atoms with Gasteiger partial charge in [0.15, 0.2) is 10.7 Å². The second-order valence-corrected chi connectivity index (χ2v) is 5.45. The first-order chi connectivity index (χ1) is 9.24. The smallest absolute Gasteiger partial charge is 0.227 e. The van der Waals surface area contributed by atoms with Crippen LogP contribution in [0, 0.1) is 0 Å². The van der Waals surface area contributed by atoms with E-state index in [4.69, 9.17) is 5.73 Å². The van der Waals surface area contributed by atoms with E-state index in [-0.39, 0.29) is 11.7 Å². The zero-order chi connectivity index (χ0) is 13.2. The van der Waals surface area contributed by atoms with Crippen molar-refractivity contribution in [1.82, 2.24) is 24.8 Å². The van der Waals surface area contributed by atoms with Gasteiger partial charge in [0.05, 0.1) is 5.75 Å². The van der Waals surface area contributed by atoms with Crippen molar-refractivity contribution >= 4 is 34.7 Å². The minimum Gasteiger partial charge on any atom is -0.369 e. The van der Waals surface area contributed by atoms with Gasteiger partial charge in [-0.15, -0.1) is 21.5 Å². The van der Waals surface area contributed by atoms with Crippen LogP contribution in [0.15, 0.2) is 28.7 Å². The molecule has 9 heteroatoms. The van der Waals surface area contributed by atoms with Crippen LogP contribution in [-0.2, 0) is 4.79 Å². The van der Waals surface area contributed by atoms with E-state index < -0.39 is 0 Å². The number of aromatic nitrogens is 5. The van der Waals surface area contributed by atoms with Crippen molar-refractivity contribution in [3.05, 3.63) is 23.7 Å². The van der Waals surface area contributed by atoms with E-state index in [2.05, 4.69) is 20.3 Å². The van der Waals surface area contributed by atoms with Crippen LogP contribution in [0.2, 0.25) is 0 Å². The predicted octanol–water partition coefficient (Wildman–Crippen LogP) is 0.825. The molecular formula is C10H8N6OS2. The van der Waals surface area contributed by atoms with Crippen LogP contribution >= 0.6 is 23.1 Å². The fourth-order valence-corrected chi connectivity index (χ4v) is 2.66. The van der Waals surface area contributed by atoms with Crippen LogP contribution in [0.5, 0.6) is 0 Å². The first kappa shape index (κ1) is 12.1. The molecule has 7 nitrogen and oxygen atoms in total. The van der Waals surface area contributed by atoms with Crippen LogP contribution in [0.4, 0.5) is 0 Å². The van der Waals surface area contributed by atoms with Gasteiger partial charge in [-0.2, -0.15) is 9.61 Å². The SMILES string of the molecule is NC(=O)CSc1ccc2nnc(-c3nccs3)n2n1. The molecule has 0 fully saturated rings. The predicted molar refractivity (Wildman–Crippen MR) is 71.8 cm³/mol. The van der Waals surface area contributed by atoms with Crippen molar-refractivity contribution in [3.63, 3.8) is 0 Å². The number of hydrogen-bond acceptors (Lipinski definition) is 7. The number of thiazole rings is 1. The Morgan fingerprint density at radius 3 is 3.05 bits per heavy atom. The number of nitrogens with two attached hydrogens (primary N) is 1. The van der Waals surface area contributed by atoms with Crippen molar-refractivity contribution in [2.24, 2.45) is 5.73 Å². The van der Waals surface area contributed by atoms with E-state index in [0.717, 1.165) is 5.01 Å². The van der Waals surface area contributed by atoms with Gasteiger partial charge in [-0.25, -0.2) is 4.98 Å². The zero-order valence-corrected chi connectivity index (χ0v) is 11.2. The summed E-state index contributed by atoms with van der Waals surface area (Å²) in [6.07, 6.45) is 1.70. The summed E-state index contributed by atoms with van der Waals surface area (Å²) >= 11 is 2.74. The lowest BCUT2D eigenvalue weighted by Gasteiger charge is -2.00. The van der Waals surface area contributed by atoms with Gasteiger partial charge in [0.1, 0.15) is 5.03 Å². The van der Waals surface area contributed by atoms with E-state index in [1.54, 1.807) is 22.8 Å². The molecule has 0 radical (unpaired) electrons. The fraction of sp³-hybridized carbons (Fsp3) is 0.100. The molecule has 1 amide bonds. The second-order valence-electron chi connectivity index (χ2n) is 3.56. The average Bonchev–Trinajstić information content (AvgIpc) is 3.04. The molecule has 19 heavy (non-hydrogen) atoms. The van der Waals surface area contributed by atoms with Crippen LogP contribution in [0.1, 0.15) is 0 Å². The maximum Gasteiger partial charge on any atom is 0.227 e. The van der Waals surface area contributed by atoms with Crippen molar-refractivity contribution in [1.29, 1.82) is 0 Å². The molecule has 0 aliphatic carbocycles. The average molecular weight is 292 g/mol. The van der Waals surface area contributed by atoms with Crippen molar-refractivity contribution in [3.8, 4) is 10.8 Å². The molecule has 2 N–H and O–H groups in total. The maximum absolute atomic E-state index is 10.8. The summed E-state index contributed by atoms with van der Waals surface area (Å²) in [5.74, 6) is 0.398. The number of amides is 1. The number of thioether (sulfide) groups is 1. The molecule has 0 aromatic carbocycles. The summed E-state index contributed by atoms with van der Waals surface area (Å²) in [4.78, 5) is 15.0. The Balaban J connectivity index is 2.01. The lowest BCUT2D eigenvalue weighted by molar-refractivity contribution is -0.115. The fourth-order valence-electron chi connectivity index (χ4n) is 1.46. The Morgan fingerprint density at radius 2 is 2.32 bits per heavy atom. The molecule has 0 aliphatic heterocycles. The van der Waals surface area contributed by atoms with Crippen molar-refractivity contribution in [2.75, 3.05) is 5.75 Å². The normalized spacial score (nSPS) is 10.9. The van der Waals surface area contributed by atoms with Gasteiger partial charge in [0, 0.05) is 11.6 Å². The van der Waals surface area contributed by atoms with Crippen LogP contribution in [0.25, 0.3) is 16.5 Å². The maximum atomic E-state index is 10.8. The lowest BCUT2D eigenvalue weighted by atomic mass is 10.5. The summed E-state index contributed by atoms with van der Waals surface area (Å²) < 4.78 is 1.61. The summed E-state index contributed by atoms with van der Waals surface area (Å²) in [7, 11) is 0. The molecule has 3 heterocycles. The second kappa shape index (κ2) is 4.94. The molecule has 3 rings (SSSR count). The van der Waals surface area contributed by atoms with E-state index in [1.165, 1.54) is 23.1 Å². The third-order valence-corrected chi connectivity index (χ3v) is 3.94. The summed E-state index contributed by atoms with van der Waals surface area (Å²) in [5.41, 5.74) is 5.75. The molecule has 0 bridgehead atoms. The van der Waals surface area contributed by atoms with Gasteiger partial charge in [-0.05, 0) is 12.1 Å². The number of nitrogens with zero attached hydrogens (tertiary/aromatic N) is 5. The summed E-state index contributed by atoms with van der Waals surface area (Å²) in [5, 5.41) is 15.8. The van der Waals surface area contributed by atoms with Gasteiger partial charge < -0.3 is 5.73 Å². The molecule has 3 aromatic rings. The van der Waals surface area contributed by atoms with E-state index in [1.807, 2.05) is 5.38 Å². The molecule has 0 saturated carbocycles. The number of rotatable bonds is 4. The highest BCUT2D eigenvalue weighted by atomic mass is 32.2. The standard InChI is InChI=1S/C10H8N6OS2/c11-6(17)5-19-8-2-1-7-13-14-9(16(7)15-8)10-12-3-4-18-10/h1-4H,5H2,(H2,11,17). The number of carbonyl (C=O) groups excluding carboxylic acids is 1. The highest BCUT2D eigenvalue weighted by Crippen LogP contribution is 2.21. The van der Waals surface area contributed by atoms with Crippen molar-refractivity contribution in [2.45, 2.75) is 5.03 Å². The third-order valence-electron chi connectivity index (χ3n) is 2.22. The van der Waals surface area contributed by atoms with E-state index in [0.29, 0.717) is 16.5 Å². The summed E-state index contributed by atoms with van der Waals surface area (Å²) in [6.45, 7) is 0. The van der Waals surface area contributed by atoms with Gasteiger partial charge in [0.2, 0.25) is 11.7 Å². The molecule has 0 unspecified atom stereocenters. The molecule has 0 spiro atoms. The molecule has 96 valence electrons. The van der Waals surface area contributed by atoms with Gasteiger partial charge in [-0.3, -0.25) is 4.79 Å². The minimum atomic E-state index is -0.379. The Labute approximate surface area is 115 Å². The molecule has 0 saturated heterocycles. The molecule has 0 aliphatic rings. The Morgan fingerprint density at radius 1 is 1.42 bits per heavy atom. The largest absolute Gasteiger partial charge is 0.369 e. The molecular weight excluding hydrogens is 284 g/mol. The highest BCUT2D eigenvalue weighted by molar-refractivity contribution is 7.99. The van der Waals surface area contributed by atoms with Gasteiger partial charge in [0.25, 0.3) is 0 Å². The first-order valence-electron chi connectivity index (χ1n) is 5.27. The first-order valence-corrected chi connectivity index (χ1v) is 7.14. The number of carbonyl (C=O) groups is 1. The Bertz CT molecular complexity index is 723. The number of fused-ring (bicyclic) bond motifs is 1. The van der Waals surface area contributed by atoms with Crippen molar-refractivity contribution < 1.29 is 4.79 Å². The highest BCUT2D eigenvalue weighted by Gasteiger charge is 2.12. The number of hydrogen-bond donors (Lipinski definition) is 1. The Hall–Kier alpha value is -2.00. The van der Waals surface area contributed by atoms with Crippen LogP contribution < -0.4 is 5.73 Å².